The predicted molar refractivity (Wildman–Crippen MR) is 128 cm³/mol. The van der Waals surface area contributed by atoms with Crippen LogP contribution in [0.25, 0.3) is 11.1 Å². The molecule has 4 aromatic rings. The predicted octanol–water partition coefficient (Wildman–Crippen LogP) is 4.09. The lowest BCUT2D eigenvalue weighted by Gasteiger charge is -2.18. The molecule has 0 spiro atoms. The lowest BCUT2D eigenvalue weighted by atomic mass is 10.1. The average Bonchev–Trinajstić information content (AvgIpc) is 2.91. The fourth-order valence-corrected chi connectivity index (χ4v) is 3.26. The second-order valence-corrected chi connectivity index (χ2v) is 7.45. The topological polar surface area (TPSA) is 110 Å². The Hall–Kier alpha value is -4.56. The Morgan fingerprint density at radius 3 is 2.38 bits per heavy atom. The summed E-state index contributed by atoms with van der Waals surface area (Å²) in [6, 6.07) is 21.7. The van der Waals surface area contributed by atoms with Crippen molar-refractivity contribution in [1.29, 1.82) is 0 Å². The molecule has 170 valence electrons. The summed E-state index contributed by atoms with van der Waals surface area (Å²) in [6.07, 6.45) is 6.18. The molecule has 0 saturated heterocycles. The Morgan fingerprint density at radius 2 is 1.65 bits per heavy atom. The van der Waals surface area contributed by atoms with E-state index in [4.69, 9.17) is 10.6 Å². The van der Waals surface area contributed by atoms with Crippen molar-refractivity contribution < 1.29 is 14.3 Å². The maximum Gasteiger partial charge on any atom is 0.407 e. The third-order valence-electron chi connectivity index (χ3n) is 5.09. The van der Waals surface area contributed by atoms with Gasteiger partial charge in [0.25, 0.3) is 5.91 Å². The molecule has 8 nitrogen and oxygen atoms in total. The Labute approximate surface area is 197 Å². The van der Waals surface area contributed by atoms with E-state index < -0.39 is 6.09 Å². The minimum absolute atomic E-state index is 0.141. The number of nitrogens with zero attached hydrogens (tertiary/aromatic N) is 3. The van der Waals surface area contributed by atoms with E-state index >= 15 is 0 Å². The number of hydrogen-bond acceptors (Lipinski definition) is 6. The normalized spacial score (nSPS) is 10.4. The molecule has 0 aliphatic heterocycles. The number of alkyl carbamates (subject to hydrolysis) is 1. The van der Waals surface area contributed by atoms with Gasteiger partial charge in [-0.05, 0) is 59.2 Å². The molecule has 0 aliphatic carbocycles. The molecule has 0 saturated carbocycles. The van der Waals surface area contributed by atoms with Crippen LogP contribution in [0.3, 0.4) is 0 Å². The molecular formula is C26H23N5O3. The van der Waals surface area contributed by atoms with Crippen molar-refractivity contribution in [3.05, 3.63) is 114 Å². The van der Waals surface area contributed by atoms with Crippen molar-refractivity contribution in [1.82, 2.24) is 15.3 Å². The number of benzene rings is 2. The Morgan fingerprint density at radius 1 is 0.853 bits per heavy atom. The summed E-state index contributed by atoms with van der Waals surface area (Å²) in [6.45, 7) is 0.405. The quantitative estimate of drug-likeness (QED) is 0.248. The second-order valence-electron chi connectivity index (χ2n) is 7.45. The Balaban J connectivity index is 1.33. The molecule has 0 atom stereocenters. The fraction of sp³-hybridized carbons (Fsp3) is 0.0769. The summed E-state index contributed by atoms with van der Waals surface area (Å²) in [5.41, 5.74) is 4.53. The summed E-state index contributed by atoms with van der Waals surface area (Å²) < 4.78 is 5.16. The summed E-state index contributed by atoms with van der Waals surface area (Å²) in [4.78, 5) is 32.8. The molecule has 2 amide bonds. The van der Waals surface area contributed by atoms with Crippen molar-refractivity contribution in [2.75, 3.05) is 5.01 Å². The van der Waals surface area contributed by atoms with Gasteiger partial charge in [0.2, 0.25) is 0 Å². The molecule has 0 bridgehead atoms. The van der Waals surface area contributed by atoms with Crippen molar-refractivity contribution >= 4 is 17.7 Å². The van der Waals surface area contributed by atoms with E-state index in [0.29, 0.717) is 11.3 Å². The molecule has 2 heterocycles. The lowest BCUT2D eigenvalue weighted by Crippen LogP contribution is -2.37. The Kier molecular flexibility index (Phi) is 7.22. The van der Waals surface area contributed by atoms with Crippen molar-refractivity contribution in [3.63, 3.8) is 0 Å². The van der Waals surface area contributed by atoms with E-state index in [1.807, 2.05) is 36.4 Å². The monoisotopic (exact) mass is 453 g/mol. The van der Waals surface area contributed by atoms with Crippen LogP contribution in [0, 0.1) is 0 Å². The third-order valence-corrected chi connectivity index (χ3v) is 5.09. The number of pyridine rings is 2. The fourth-order valence-electron chi connectivity index (χ4n) is 3.26. The van der Waals surface area contributed by atoms with Crippen molar-refractivity contribution in [3.8, 4) is 11.1 Å². The summed E-state index contributed by atoms with van der Waals surface area (Å²) >= 11 is 0. The average molecular weight is 454 g/mol. The van der Waals surface area contributed by atoms with Gasteiger partial charge in [0.05, 0.1) is 5.69 Å². The number of hydrogen-bond donors (Lipinski definition) is 2. The van der Waals surface area contributed by atoms with Crippen LogP contribution in [0.15, 0.2) is 97.6 Å². The first-order valence-electron chi connectivity index (χ1n) is 10.6. The van der Waals surface area contributed by atoms with Crippen LogP contribution < -0.4 is 16.2 Å². The molecule has 0 radical (unpaired) electrons. The van der Waals surface area contributed by atoms with Gasteiger partial charge in [-0.25, -0.2) is 15.6 Å². The van der Waals surface area contributed by atoms with Crippen LogP contribution in [0.1, 0.15) is 21.5 Å². The van der Waals surface area contributed by atoms with Gasteiger partial charge in [-0.1, -0.05) is 30.3 Å². The number of nitrogens with one attached hydrogen (secondary N) is 1. The summed E-state index contributed by atoms with van der Waals surface area (Å²) in [5.74, 6) is 5.78. The molecule has 3 N–H and O–H groups in total. The van der Waals surface area contributed by atoms with Crippen LogP contribution in [0.5, 0.6) is 0 Å². The maximum atomic E-state index is 12.9. The largest absolute Gasteiger partial charge is 0.445 e. The summed E-state index contributed by atoms with van der Waals surface area (Å²) in [7, 11) is 0. The molecule has 0 aliphatic rings. The third kappa shape index (κ3) is 5.81. The van der Waals surface area contributed by atoms with Crippen LogP contribution in [0.4, 0.5) is 10.5 Å². The number of hydrazine groups is 1. The Bertz CT molecular complexity index is 1250. The highest BCUT2D eigenvalue weighted by Crippen LogP contribution is 2.24. The first-order chi connectivity index (χ1) is 16.6. The first kappa shape index (κ1) is 22.6. The van der Waals surface area contributed by atoms with Gasteiger partial charge >= 0.3 is 6.09 Å². The van der Waals surface area contributed by atoms with Crippen molar-refractivity contribution in [2.24, 2.45) is 5.84 Å². The van der Waals surface area contributed by atoms with E-state index in [9.17, 15) is 9.59 Å². The highest BCUT2D eigenvalue weighted by molar-refractivity contribution is 6.05. The van der Waals surface area contributed by atoms with Gasteiger partial charge in [0.1, 0.15) is 6.61 Å². The van der Waals surface area contributed by atoms with Gasteiger partial charge in [-0.3, -0.25) is 14.8 Å². The van der Waals surface area contributed by atoms with Gasteiger partial charge in [0.15, 0.2) is 0 Å². The standard InChI is InChI=1S/C26H23N5O3/c27-31(24-5-1-4-23(15-24)21-10-13-28-14-11-21)25(32)22-8-6-19(7-9-22)17-30-26(33)34-18-20-3-2-12-29-16-20/h1-16H,17-18,27H2,(H,30,33). The zero-order valence-electron chi connectivity index (χ0n) is 18.3. The molecule has 0 unspecified atom stereocenters. The zero-order valence-corrected chi connectivity index (χ0v) is 18.3. The maximum absolute atomic E-state index is 12.9. The van der Waals surface area contributed by atoms with E-state index in [1.165, 1.54) is 0 Å². The second kappa shape index (κ2) is 10.8. The molecule has 2 aromatic heterocycles. The lowest BCUT2D eigenvalue weighted by molar-refractivity contribution is 0.0986. The van der Waals surface area contributed by atoms with Crippen LogP contribution in [-0.2, 0) is 17.9 Å². The van der Waals surface area contributed by atoms with E-state index in [2.05, 4.69) is 15.3 Å². The SMILES string of the molecule is NN(C(=O)c1ccc(CNC(=O)OCc2cccnc2)cc1)c1cccc(-c2ccncc2)c1. The number of ether oxygens (including phenoxy) is 1. The number of carbonyl (C=O) groups excluding carboxylic acids is 2. The van der Waals surface area contributed by atoms with E-state index in [0.717, 1.165) is 27.3 Å². The molecule has 0 fully saturated rings. The van der Waals surface area contributed by atoms with E-state index in [-0.39, 0.29) is 19.1 Å². The van der Waals surface area contributed by atoms with Crippen molar-refractivity contribution in [2.45, 2.75) is 13.2 Å². The van der Waals surface area contributed by atoms with E-state index in [1.54, 1.807) is 61.2 Å². The minimum Gasteiger partial charge on any atom is -0.445 e. The number of carbonyl (C=O) groups is 2. The molecule has 4 rings (SSSR count). The number of rotatable bonds is 7. The number of amides is 2. The molecular weight excluding hydrogens is 430 g/mol. The number of nitrogens with two attached hydrogens (primary N) is 1. The number of aromatic nitrogens is 2. The molecule has 34 heavy (non-hydrogen) atoms. The highest BCUT2D eigenvalue weighted by Gasteiger charge is 2.15. The summed E-state index contributed by atoms with van der Waals surface area (Å²) in [5, 5.41) is 3.80. The van der Waals surface area contributed by atoms with Gasteiger partial charge in [-0.15, -0.1) is 0 Å². The van der Waals surface area contributed by atoms with Gasteiger partial charge in [0, 0.05) is 42.5 Å². The van der Waals surface area contributed by atoms with Crippen LogP contribution in [0.2, 0.25) is 0 Å². The molecule has 2 aromatic carbocycles. The van der Waals surface area contributed by atoms with Gasteiger partial charge in [-0.2, -0.15) is 0 Å². The highest BCUT2D eigenvalue weighted by atomic mass is 16.5. The van der Waals surface area contributed by atoms with Crippen LogP contribution >= 0.6 is 0 Å². The minimum atomic E-state index is -0.536. The number of anilines is 1. The zero-order chi connectivity index (χ0) is 23.8. The molecule has 8 heteroatoms. The van der Waals surface area contributed by atoms with Gasteiger partial charge < -0.3 is 10.1 Å². The smallest absolute Gasteiger partial charge is 0.407 e. The first-order valence-corrected chi connectivity index (χ1v) is 10.6. The van der Waals surface area contributed by atoms with Crippen LogP contribution in [-0.4, -0.2) is 22.0 Å².